The molecule has 0 aliphatic rings. The van der Waals surface area contributed by atoms with Crippen molar-refractivity contribution >= 4 is 32.6 Å². The van der Waals surface area contributed by atoms with Crippen LogP contribution in [0.4, 0.5) is 22.7 Å². The minimum Gasteiger partial charge on any atom is -0.397 e. The lowest BCUT2D eigenvalue weighted by molar-refractivity contribution is 0.596. The smallest absolute Gasteiger partial charge is 0.206 e. The van der Waals surface area contributed by atoms with Gasteiger partial charge in [0, 0.05) is 0 Å². The largest absolute Gasteiger partial charge is 0.397 e. The zero-order valence-electron chi connectivity index (χ0n) is 14.0. The lowest BCUT2D eigenvalue weighted by atomic mass is 10.3. The molecule has 128 valence electrons. The molecule has 0 radical (unpaired) electrons. The third kappa shape index (κ3) is 4.79. The first kappa shape index (κ1) is 20.6. The van der Waals surface area contributed by atoms with Crippen LogP contribution in [-0.4, -0.2) is 8.42 Å². The van der Waals surface area contributed by atoms with Crippen LogP contribution in [0.15, 0.2) is 46.2 Å². The second-order valence-corrected chi connectivity index (χ2v) is 6.03. The van der Waals surface area contributed by atoms with Crippen molar-refractivity contribution in [2.75, 3.05) is 22.9 Å². The molecule has 2 rings (SSSR count). The summed E-state index contributed by atoms with van der Waals surface area (Å²) in [7, 11) is -3.69. The summed E-state index contributed by atoms with van der Waals surface area (Å²) in [6.07, 6.45) is 0. The van der Waals surface area contributed by atoms with Gasteiger partial charge in [-0.25, -0.2) is 8.42 Å². The lowest BCUT2D eigenvalue weighted by Gasteiger charge is -2.08. The van der Waals surface area contributed by atoms with E-state index >= 15 is 0 Å². The normalized spacial score (nSPS) is 9.91. The molecule has 8 N–H and O–H groups in total. The van der Waals surface area contributed by atoms with Crippen molar-refractivity contribution in [3.63, 3.8) is 0 Å². The highest BCUT2D eigenvalue weighted by molar-refractivity contribution is 7.91. The molecule has 0 heterocycles. The van der Waals surface area contributed by atoms with Crippen molar-refractivity contribution in [2.24, 2.45) is 0 Å². The molecule has 0 aromatic heterocycles. The average molecular weight is 338 g/mol. The van der Waals surface area contributed by atoms with Crippen molar-refractivity contribution in [3.05, 3.63) is 36.4 Å². The van der Waals surface area contributed by atoms with Crippen LogP contribution in [0.25, 0.3) is 0 Å². The Hall–Kier alpha value is -2.41. The van der Waals surface area contributed by atoms with E-state index in [1.807, 2.05) is 27.7 Å². The van der Waals surface area contributed by atoms with Gasteiger partial charge in [-0.15, -0.1) is 0 Å². The number of hydrogen-bond acceptors (Lipinski definition) is 6. The molecule has 7 heteroatoms. The Kier molecular flexibility index (Phi) is 7.96. The van der Waals surface area contributed by atoms with Gasteiger partial charge in [-0.2, -0.15) is 0 Å². The summed E-state index contributed by atoms with van der Waals surface area (Å²) in [5.74, 6) is 0. The fourth-order valence-electron chi connectivity index (χ4n) is 1.58. The fraction of sp³-hybridized carbons (Fsp3) is 0.250. The Morgan fingerprint density at radius 1 is 0.609 bits per heavy atom. The number of hydrogen-bond donors (Lipinski definition) is 4. The van der Waals surface area contributed by atoms with Gasteiger partial charge in [0.15, 0.2) is 0 Å². The topological polar surface area (TPSA) is 138 Å². The van der Waals surface area contributed by atoms with E-state index in [0.717, 1.165) is 0 Å². The molecule has 0 aliphatic carbocycles. The minimum absolute atomic E-state index is 0.0587. The Morgan fingerprint density at radius 2 is 0.913 bits per heavy atom. The molecular weight excluding hydrogens is 312 g/mol. The van der Waals surface area contributed by atoms with E-state index in [1.54, 1.807) is 0 Å². The van der Waals surface area contributed by atoms with Crippen LogP contribution in [0.1, 0.15) is 27.7 Å². The first-order chi connectivity index (χ1) is 10.8. The van der Waals surface area contributed by atoms with Crippen molar-refractivity contribution in [3.8, 4) is 0 Å². The highest BCUT2D eigenvalue weighted by Crippen LogP contribution is 2.28. The van der Waals surface area contributed by atoms with E-state index in [0.29, 0.717) is 11.4 Å². The van der Waals surface area contributed by atoms with E-state index in [4.69, 9.17) is 22.9 Å². The molecule has 2 aromatic carbocycles. The molecule has 0 spiro atoms. The highest BCUT2D eigenvalue weighted by atomic mass is 32.2. The molecule has 2 aromatic rings. The third-order valence-corrected chi connectivity index (χ3v) is 4.49. The van der Waals surface area contributed by atoms with Crippen LogP contribution >= 0.6 is 0 Å². The summed E-state index contributed by atoms with van der Waals surface area (Å²) in [6.45, 7) is 8.00. The Labute approximate surface area is 138 Å². The van der Waals surface area contributed by atoms with E-state index in [-0.39, 0.29) is 21.2 Å². The summed E-state index contributed by atoms with van der Waals surface area (Å²) < 4.78 is 24.7. The van der Waals surface area contributed by atoms with Crippen LogP contribution in [0, 0.1) is 0 Å². The maximum atomic E-state index is 12.4. The van der Waals surface area contributed by atoms with Crippen molar-refractivity contribution in [1.82, 2.24) is 0 Å². The van der Waals surface area contributed by atoms with Crippen molar-refractivity contribution in [1.29, 1.82) is 0 Å². The van der Waals surface area contributed by atoms with E-state index in [9.17, 15) is 8.42 Å². The molecule has 0 saturated carbocycles. The Balaban J connectivity index is 0.00000112. The summed E-state index contributed by atoms with van der Waals surface area (Å²) >= 11 is 0. The van der Waals surface area contributed by atoms with Gasteiger partial charge < -0.3 is 22.9 Å². The standard InChI is InChI=1S/C12H14N4O2S.2C2H6/c13-9-3-1-7(5-11(9)15)19(17,18)8-2-4-10(14)12(16)6-8;2*1-2/h1-6H,13-16H2;2*1-2H3. The lowest BCUT2D eigenvalue weighted by Crippen LogP contribution is -2.05. The van der Waals surface area contributed by atoms with Gasteiger partial charge in [-0.05, 0) is 36.4 Å². The Morgan fingerprint density at radius 3 is 1.17 bits per heavy atom. The average Bonchev–Trinajstić information content (AvgIpc) is 2.56. The predicted molar refractivity (Wildman–Crippen MR) is 98.7 cm³/mol. The Bertz CT molecular complexity index is 686. The number of sulfone groups is 1. The van der Waals surface area contributed by atoms with E-state index in [1.165, 1.54) is 36.4 Å². The molecule has 0 saturated heterocycles. The second-order valence-electron chi connectivity index (χ2n) is 4.08. The number of nitrogen functional groups attached to an aromatic ring is 4. The SMILES string of the molecule is CC.CC.Nc1ccc(S(=O)(=O)c2ccc(N)c(N)c2)cc1N. The molecule has 0 aliphatic heterocycles. The zero-order chi connectivity index (χ0) is 18.2. The van der Waals surface area contributed by atoms with Gasteiger partial charge in [-0.3, -0.25) is 0 Å². The second kappa shape index (κ2) is 8.89. The summed E-state index contributed by atoms with van der Waals surface area (Å²) in [4.78, 5) is 0.117. The van der Waals surface area contributed by atoms with Gasteiger partial charge in [-0.1, -0.05) is 27.7 Å². The monoisotopic (exact) mass is 338 g/mol. The van der Waals surface area contributed by atoms with Crippen LogP contribution in [0.3, 0.4) is 0 Å². The molecule has 0 fully saturated rings. The van der Waals surface area contributed by atoms with Crippen molar-refractivity contribution in [2.45, 2.75) is 37.5 Å². The van der Waals surface area contributed by atoms with Gasteiger partial charge in [0.2, 0.25) is 9.84 Å². The van der Waals surface area contributed by atoms with Gasteiger partial charge in [0.25, 0.3) is 0 Å². The zero-order valence-corrected chi connectivity index (χ0v) is 14.8. The van der Waals surface area contributed by atoms with E-state index < -0.39 is 9.84 Å². The maximum absolute atomic E-state index is 12.4. The number of benzene rings is 2. The first-order valence-corrected chi connectivity index (χ1v) is 8.86. The number of anilines is 4. The van der Waals surface area contributed by atoms with Gasteiger partial charge in [0.05, 0.1) is 32.5 Å². The summed E-state index contributed by atoms with van der Waals surface area (Å²) in [5, 5.41) is 0. The quantitative estimate of drug-likeness (QED) is 0.621. The van der Waals surface area contributed by atoms with Gasteiger partial charge in [0.1, 0.15) is 0 Å². The molecule has 0 atom stereocenters. The molecule has 0 amide bonds. The van der Waals surface area contributed by atoms with Crippen molar-refractivity contribution < 1.29 is 8.42 Å². The number of nitrogens with two attached hydrogens (primary N) is 4. The van der Waals surface area contributed by atoms with Crippen LogP contribution in [0.2, 0.25) is 0 Å². The van der Waals surface area contributed by atoms with Crippen LogP contribution in [-0.2, 0) is 9.84 Å². The maximum Gasteiger partial charge on any atom is 0.206 e. The summed E-state index contributed by atoms with van der Waals surface area (Å²) in [5.41, 5.74) is 23.4. The molecule has 6 nitrogen and oxygen atoms in total. The predicted octanol–water partition coefficient (Wildman–Crippen LogP) is 2.90. The van der Waals surface area contributed by atoms with Crippen LogP contribution in [0.5, 0.6) is 0 Å². The summed E-state index contributed by atoms with van der Waals surface area (Å²) in [6, 6.07) is 8.32. The number of rotatable bonds is 2. The third-order valence-electron chi connectivity index (χ3n) is 2.74. The molecule has 0 unspecified atom stereocenters. The first-order valence-electron chi connectivity index (χ1n) is 7.37. The van der Waals surface area contributed by atoms with E-state index in [2.05, 4.69) is 0 Å². The molecule has 0 bridgehead atoms. The fourth-order valence-corrected chi connectivity index (χ4v) is 2.91. The highest BCUT2D eigenvalue weighted by Gasteiger charge is 2.19. The van der Waals surface area contributed by atoms with Gasteiger partial charge >= 0.3 is 0 Å². The minimum atomic E-state index is -3.69. The molecular formula is C16H26N4O2S. The van der Waals surface area contributed by atoms with Crippen LogP contribution < -0.4 is 22.9 Å². The molecule has 23 heavy (non-hydrogen) atoms.